The van der Waals surface area contributed by atoms with Gasteiger partial charge in [0, 0.05) is 41.4 Å². The Morgan fingerprint density at radius 3 is 2.30 bits per heavy atom. The molecule has 0 aliphatic heterocycles. The third-order valence-corrected chi connectivity index (χ3v) is 9.89. The summed E-state index contributed by atoms with van der Waals surface area (Å²) in [5.74, 6) is 0.604. The van der Waals surface area contributed by atoms with Crippen molar-refractivity contribution in [3.8, 4) is 0 Å². The highest BCUT2D eigenvalue weighted by Crippen LogP contribution is 2.61. The molecule has 1 aromatic carbocycles. The molecule has 2 aliphatic carbocycles. The summed E-state index contributed by atoms with van der Waals surface area (Å²) in [6, 6.07) is 6.27. The number of carbonyl (C=O) groups is 1. The summed E-state index contributed by atoms with van der Waals surface area (Å²) in [5, 5.41) is 0. The lowest BCUT2D eigenvalue weighted by Gasteiger charge is -2.53. The van der Waals surface area contributed by atoms with Crippen LogP contribution in [0.25, 0.3) is 0 Å². The number of nitrogens with one attached hydrogen (secondary N) is 1. The molecular formula is C26H41BrN2O3S. The molecule has 33 heavy (non-hydrogen) atoms. The molecule has 1 amide bonds. The molecule has 0 saturated heterocycles. The summed E-state index contributed by atoms with van der Waals surface area (Å²) >= 11 is 2.22. The minimum absolute atomic E-state index is 0.0391. The maximum atomic E-state index is 14.6. The highest BCUT2D eigenvalue weighted by Gasteiger charge is 2.67. The van der Waals surface area contributed by atoms with E-state index in [-0.39, 0.29) is 29.3 Å². The lowest BCUT2D eigenvalue weighted by atomic mass is 9.56. The van der Waals surface area contributed by atoms with E-state index < -0.39 is 21.6 Å². The average molecular weight is 542 g/mol. The van der Waals surface area contributed by atoms with Crippen LogP contribution in [-0.4, -0.2) is 46.4 Å². The third-order valence-electron chi connectivity index (χ3n) is 7.79. The highest BCUT2D eigenvalue weighted by molar-refractivity contribution is 9.10. The predicted molar refractivity (Wildman–Crippen MR) is 139 cm³/mol. The molecule has 1 aromatic rings. The van der Waals surface area contributed by atoms with Gasteiger partial charge in [0.2, 0.25) is 0 Å². The number of rotatable bonds is 6. The summed E-state index contributed by atoms with van der Waals surface area (Å²) < 4.78 is 23.6. The van der Waals surface area contributed by atoms with E-state index in [1.54, 1.807) is 7.11 Å². The maximum absolute atomic E-state index is 14.6. The molecule has 1 saturated carbocycles. The van der Waals surface area contributed by atoms with Gasteiger partial charge in [-0.3, -0.25) is 4.79 Å². The van der Waals surface area contributed by atoms with Gasteiger partial charge in [0.25, 0.3) is 5.91 Å². The molecule has 186 valence electrons. The van der Waals surface area contributed by atoms with E-state index in [0.717, 1.165) is 29.3 Å². The Kier molecular flexibility index (Phi) is 8.02. The molecule has 1 fully saturated rings. The molecule has 0 radical (unpaired) electrons. The molecule has 0 heterocycles. The Labute approximate surface area is 211 Å². The van der Waals surface area contributed by atoms with E-state index >= 15 is 0 Å². The standard InChI is InChI=1S/C26H41BrN2O3S/c1-9-29(10-2)23(30)26(28-33(31)24(5,6)7)21-13-20(27)12-11-19(21)16-25(26)14-17(3)22(32-8)18(4)15-25/h11-13,17-18,22,28H,9-10,14-16H2,1-8H3/t17-,18+,22?,25?,26-,33?/m1/s1. The zero-order chi connectivity index (χ0) is 24.8. The van der Waals surface area contributed by atoms with Crippen molar-refractivity contribution in [1.29, 1.82) is 0 Å². The monoisotopic (exact) mass is 540 g/mol. The van der Waals surface area contributed by atoms with Crippen LogP contribution in [-0.2, 0) is 32.9 Å². The number of halogens is 1. The summed E-state index contributed by atoms with van der Waals surface area (Å²) in [4.78, 5) is 16.5. The Morgan fingerprint density at radius 1 is 1.24 bits per heavy atom. The summed E-state index contributed by atoms with van der Waals surface area (Å²) in [7, 11) is 1.79. The van der Waals surface area contributed by atoms with Gasteiger partial charge in [-0.2, -0.15) is 0 Å². The van der Waals surface area contributed by atoms with Gasteiger partial charge in [-0.25, -0.2) is 0 Å². The SMILES string of the molecule is CCN(CC)C(=O)[C@]1(N[S+]([O-])C(C)(C)C)c2cc(Br)ccc2CC12C[C@@H](C)C(OC)[C@@H](C)C2. The molecule has 6 atom stereocenters. The first-order valence-electron chi connectivity index (χ1n) is 12.2. The predicted octanol–water partition coefficient (Wildman–Crippen LogP) is 5.19. The van der Waals surface area contributed by atoms with Crippen LogP contribution in [0.4, 0.5) is 0 Å². The van der Waals surface area contributed by atoms with Gasteiger partial charge in [-0.1, -0.05) is 35.8 Å². The van der Waals surface area contributed by atoms with Crippen molar-refractivity contribution >= 4 is 33.2 Å². The minimum atomic E-state index is -1.43. The molecule has 2 aliphatic rings. The summed E-state index contributed by atoms with van der Waals surface area (Å²) in [6.07, 6.45) is 2.62. The summed E-state index contributed by atoms with van der Waals surface area (Å²) in [6.45, 7) is 15.6. The maximum Gasteiger partial charge on any atom is 0.252 e. The van der Waals surface area contributed by atoms with Crippen LogP contribution in [0.2, 0.25) is 0 Å². The van der Waals surface area contributed by atoms with E-state index in [1.807, 2.05) is 39.5 Å². The fourth-order valence-electron chi connectivity index (χ4n) is 6.45. The fourth-order valence-corrected chi connectivity index (χ4v) is 7.81. The number of benzene rings is 1. The first kappa shape index (κ1) is 27.0. The van der Waals surface area contributed by atoms with Gasteiger partial charge < -0.3 is 14.2 Å². The van der Waals surface area contributed by atoms with Gasteiger partial charge in [-0.05, 0) is 89.0 Å². The van der Waals surface area contributed by atoms with Gasteiger partial charge in [0.15, 0.2) is 5.54 Å². The fraction of sp³-hybridized carbons (Fsp3) is 0.731. The lowest BCUT2D eigenvalue weighted by molar-refractivity contribution is -0.150. The van der Waals surface area contributed by atoms with Crippen molar-refractivity contribution < 1.29 is 14.1 Å². The Morgan fingerprint density at radius 2 is 1.82 bits per heavy atom. The molecule has 3 unspecified atom stereocenters. The Hall–Kier alpha value is -0.600. The number of ether oxygens (including phenoxy) is 1. The molecular weight excluding hydrogens is 500 g/mol. The molecule has 5 nitrogen and oxygen atoms in total. The van der Waals surface area contributed by atoms with E-state index in [0.29, 0.717) is 13.1 Å². The van der Waals surface area contributed by atoms with Crippen molar-refractivity contribution in [2.75, 3.05) is 20.2 Å². The second-order valence-corrected chi connectivity index (χ2v) is 13.9. The largest absolute Gasteiger partial charge is 0.598 e. The van der Waals surface area contributed by atoms with Gasteiger partial charge >= 0.3 is 0 Å². The quantitative estimate of drug-likeness (QED) is 0.504. The first-order chi connectivity index (χ1) is 15.4. The number of hydrogen-bond acceptors (Lipinski definition) is 4. The number of fused-ring (bicyclic) bond motifs is 1. The highest BCUT2D eigenvalue weighted by atomic mass is 79.9. The van der Waals surface area contributed by atoms with Crippen LogP contribution in [0.3, 0.4) is 0 Å². The van der Waals surface area contributed by atoms with Crippen LogP contribution in [0.15, 0.2) is 22.7 Å². The zero-order valence-corrected chi connectivity index (χ0v) is 23.9. The number of amides is 1. The van der Waals surface area contributed by atoms with Crippen LogP contribution in [0, 0.1) is 17.3 Å². The van der Waals surface area contributed by atoms with E-state index in [2.05, 4.69) is 52.7 Å². The second-order valence-electron chi connectivity index (χ2n) is 11.0. The van der Waals surface area contributed by atoms with Gasteiger partial charge in [0.1, 0.15) is 4.75 Å². The first-order valence-corrected chi connectivity index (χ1v) is 14.1. The smallest absolute Gasteiger partial charge is 0.252 e. The third kappa shape index (κ3) is 4.53. The number of likely N-dealkylation sites (N-methyl/N-ethyl adjacent to an activating group) is 1. The van der Waals surface area contributed by atoms with Gasteiger partial charge in [-0.15, -0.1) is 4.72 Å². The van der Waals surface area contributed by atoms with Crippen molar-refractivity contribution in [3.05, 3.63) is 33.8 Å². The second kappa shape index (κ2) is 9.81. The number of methoxy groups -OCH3 is 1. The summed E-state index contributed by atoms with van der Waals surface area (Å²) in [5.41, 5.74) is 0.705. The van der Waals surface area contributed by atoms with E-state index in [4.69, 9.17) is 4.74 Å². The average Bonchev–Trinajstić information content (AvgIpc) is 2.96. The van der Waals surface area contributed by atoms with E-state index in [1.165, 1.54) is 5.56 Å². The van der Waals surface area contributed by atoms with Crippen LogP contribution in [0.5, 0.6) is 0 Å². The topological polar surface area (TPSA) is 64.6 Å². The molecule has 3 rings (SSSR count). The molecule has 1 N–H and O–H groups in total. The van der Waals surface area contributed by atoms with Crippen molar-refractivity contribution in [1.82, 2.24) is 9.62 Å². The van der Waals surface area contributed by atoms with E-state index in [9.17, 15) is 9.35 Å². The minimum Gasteiger partial charge on any atom is -0.598 e. The Bertz CT molecular complexity index is 858. The number of hydrogen-bond donors (Lipinski definition) is 1. The Balaban J connectivity index is 2.30. The molecule has 7 heteroatoms. The van der Waals surface area contributed by atoms with Crippen LogP contribution >= 0.6 is 15.9 Å². The molecule has 0 bridgehead atoms. The number of carbonyl (C=O) groups excluding carboxylic acids is 1. The lowest BCUT2D eigenvalue weighted by Crippen LogP contribution is -2.67. The van der Waals surface area contributed by atoms with Gasteiger partial charge in [0.05, 0.1) is 6.10 Å². The van der Waals surface area contributed by atoms with Crippen molar-refractivity contribution in [3.63, 3.8) is 0 Å². The molecule has 0 aromatic heterocycles. The normalized spacial score (nSPS) is 32.6. The van der Waals surface area contributed by atoms with Crippen LogP contribution < -0.4 is 4.72 Å². The number of nitrogens with zero attached hydrogens (tertiary/aromatic N) is 1. The van der Waals surface area contributed by atoms with Crippen LogP contribution in [0.1, 0.15) is 72.4 Å². The molecule has 1 spiro atoms. The van der Waals surface area contributed by atoms with Crippen molar-refractivity contribution in [2.45, 2.75) is 84.1 Å². The van der Waals surface area contributed by atoms with Crippen molar-refractivity contribution in [2.24, 2.45) is 17.3 Å². The zero-order valence-electron chi connectivity index (χ0n) is 21.5.